The third kappa shape index (κ3) is 2.34. The van der Waals surface area contributed by atoms with Gasteiger partial charge in [-0.05, 0) is 30.5 Å². The van der Waals surface area contributed by atoms with Crippen molar-refractivity contribution < 1.29 is 4.79 Å². The standard InChI is InChI=1S/C13H14N2O/c1-2-4-13(16)15-11-7-6-10-5-3-8-14-12(10)9-11/h1,6-7,9,14H,3-5,8H2,(H,15,16). The van der Waals surface area contributed by atoms with Gasteiger partial charge in [-0.2, -0.15) is 0 Å². The number of hydrogen-bond donors (Lipinski definition) is 2. The molecule has 1 aromatic carbocycles. The van der Waals surface area contributed by atoms with Crippen molar-refractivity contribution in [3.63, 3.8) is 0 Å². The van der Waals surface area contributed by atoms with Gasteiger partial charge in [0.05, 0.1) is 6.42 Å². The van der Waals surface area contributed by atoms with Crippen molar-refractivity contribution in [1.29, 1.82) is 0 Å². The predicted octanol–water partition coefficient (Wildman–Crippen LogP) is 2.01. The van der Waals surface area contributed by atoms with E-state index in [0.717, 1.165) is 30.8 Å². The highest BCUT2D eigenvalue weighted by atomic mass is 16.1. The van der Waals surface area contributed by atoms with Gasteiger partial charge >= 0.3 is 0 Å². The molecule has 0 saturated heterocycles. The van der Waals surface area contributed by atoms with Crippen molar-refractivity contribution in [1.82, 2.24) is 0 Å². The number of carbonyl (C=O) groups is 1. The smallest absolute Gasteiger partial charge is 0.236 e. The number of nitrogens with one attached hydrogen (secondary N) is 2. The topological polar surface area (TPSA) is 41.1 Å². The Morgan fingerprint density at radius 3 is 3.25 bits per heavy atom. The first-order valence-corrected chi connectivity index (χ1v) is 5.40. The van der Waals surface area contributed by atoms with Crippen LogP contribution in [0, 0.1) is 12.3 Å². The molecule has 3 heteroatoms. The normalized spacial score (nSPS) is 13.2. The molecule has 82 valence electrons. The van der Waals surface area contributed by atoms with Gasteiger partial charge in [-0.15, -0.1) is 6.42 Å². The molecule has 2 N–H and O–H groups in total. The lowest BCUT2D eigenvalue weighted by molar-refractivity contribution is -0.115. The quantitative estimate of drug-likeness (QED) is 0.739. The maximum absolute atomic E-state index is 11.3. The summed E-state index contributed by atoms with van der Waals surface area (Å²) in [6.45, 7) is 0.995. The van der Waals surface area contributed by atoms with Crippen LogP contribution in [-0.2, 0) is 11.2 Å². The fourth-order valence-corrected chi connectivity index (χ4v) is 1.84. The fraction of sp³-hybridized carbons (Fsp3) is 0.308. The van der Waals surface area contributed by atoms with E-state index in [-0.39, 0.29) is 12.3 Å². The van der Waals surface area contributed by atoms with Gasteiger partial charge in [-0.25, -0.2) is 0 Å². The first kappa shape index (κ1) is 10.6. The van der Waals surface area contributed by atoms with E-state index < -0.39 is 0 Å². The first-order chi connectivity index (χ1) is 7.79. The molecule has 16 heavy (non-hydrogen) atoms. The zero-order chi connectivity index (χ0) is 11.4. The van der Waals surface area contributed by atoms with Crippen LogP contribution in [0.4, 0.5) is 11.4 Å². The van der Waals surface area contributed by atoms with Crippen LogP contribution in [0.2, 0.25) is 0 Å². The molecular weight excluding hydrogens is 200 g/mol. The minimum atomic E-state index is -0.141. The van der Waals surface area contributed by atoms with E-state index in [4.69, 9.17) is 6.42 Å². The molecule has 1 aliphatic heterocycles. The van der Waals surface area contributed by atoms with E-state index in [9.17, 15) is 4.79 Å². The van der Waals surface area contributed by atoms with E-state index >= 15 is 0 Å². The van der Waals surface area contributed by atoms with Crippen LogP contribution in [0.25, 0.3) is 0 Å². The molecule has 0 saturated carbocycles. The zero-order valence-corrected chi connectivity index (χ0v) is 9.05. The number of terminal acetylenes is 1. The summed E-state index contributed by atoms with van der Waals surface area (Å²) in [6.07, 6.45) is 7.45. The van der Waals surface area contributed by atoms with Gasteiger partial charge in [-0.3, -0.25) is 4.79 Å². The minimum absolute atomic E-state index is 0.116. The molecule has 2 rings (SSSR count). The molecule has 3 nitrogen and oxygen atoms in total. The summed E-state index contributed by atoms with van der Waals surface area (Å²) in [5.74, 6) is 2.18. The monoisotopic (exact) mass is 214 g/mol. The van der Waals surface area contributed by atoms with E-state index in [2.05, 4.69) is 16.6 Å². The molecule has 1 aromatic rings. The Hall–Kier alpha value is -1.95. The Bertz CT molecular complexity index is 446. The van der Waals surface area contributed by atoms with Crippen molar-refractivity contribution in [2.75, 3.05) is 17.2 Å². The van der Waals surface area contributed by atoms with Crippen molar-refractivity contribution >= 4 is 17.3 Å². The second-order valence-corrected chi connectivity index (χ2v) is 3.83. The molecule has 0 aromatic heterocycles. The number of carbonyl (C=O) groups excluding carboxylic acids is 1. The van der Waals surface area contributed by atoms with Gasteiger partial charge in [0.2, 0.25) is 5.91 Å². The Balaban J connectivity index is 2.12. The molecule has 0 aliphatic carbocycles. The van der Waals surface area contributed by atoms with Crippen LogP contribution in [0.15, 0.2) is 18.2 Å². The van der Waals surface area contributed by atoms with Gasteiger partial charge in [0, 0.05) is 17.9 Å². The Morgan fingerprint density at radius 2 is 2.44 bits per heavy atom. The van der Waals surface area contributed by atoms with Crippen LogP contribution >= 0.6 is 0 Å². The summed E-state index contributed by atoms with van der Waals surface area (Å²) >= 11 is 0. The van der Waals surface area contributed by atoms with Crippen LogP contribution in [0.3, 0.4) is 0 Å². The van der Waals surface area contributed by atoms with E-state index in [1.54, 1.807) is 0 Å². The molecule has 0 bridgehead atoms. The largest absolute Gasteiger partial charge is 0.385 e. The van der Waals surface area contributed by atoms with Crippen LogP contribution in [-0.4, -0.2) is 12.5 Å². The minimum Gasteiger partial charge on any atom is -0.385 e. The lowest BCUT2D eigenvalue weighted by Gasteiger charge is -2.18. The zero-order valence-electron chi connectivity index (χ0n) is 9.05. The number of fused-ring (bicyclic) bond motifs is 1. The van der Waals surface area contributed by atoms with Gasteiger partial charge in [0.15, 0.2) is 0 Å². The lowest BCUT2D eigenvalue weighted by Crippen LogP contribution is -2.14. The fourth-order valence-electron chi connectivity index (χ4n) is 1.84. The number of aryl methyl sites for hydroxylation is 1. The molecule has 0 unspecified atom stereocenters. The Kier molecular flexibility index (Phi) is 3.11. The average molecular weight is 214 g/mol. The van der Waals surface area contributed by atoms with E-state index in [1.165, 1.54) is 5.56 Å². The summed E-state index contributed by atoms with van der Waals surface area (Å²) < 4.78 is 0. The Morgan fingerprint density at radius 1 is 1.56 bits per heavy atom. The molecule has 1 aliphatic rings. The SMILES string of the molecule is C#CCC(=O)Nc1ccc2c(c1)NCCC2. The van der Waals surface area contributed by atoms with Gasteiger partial charge < -0.3 is 10.6 Å². The van der Waals surface area contributed by atoms with Gasteiger partial charge in [0.25, 0.3) is 0 Å². The van der Waals surface area contributed by atoms with Gasteiger partial charge in [0.1, 0.15) is 0 Å². The third-order valence-electron chi connectivity index (χ3n) is 2.59. The summed E-state index contributed by atoms with van der Waals surface area (Å²) in [7, 11) is 0. The van der Waals surface area contributed by atoms with Crippen molar-refractivity contribution in [2.45, 2.75) is 19.3 Å². The van der Waals surface area contributed by atoms with Crippen LogP contribution in [0.1, 0.15) is 18.4 Å². The molecule has 0 atom stereocenters. The molecule has 1 heterocycles. The molecule has 0 radical (unpaired) electrons. The highest BCUT2D eigenvalue weighted by molar-refractivity contribution is 5.92. The second-order valence-electron chi connectivity index (χ2n) is 3.83. The molecule has 1 amide bonds. The van der Waals surface area contributed by atoms with E-state index in [1.807, 2.05) is 18.2 Å². The number of hydrogen-bond acceptors (Lipinski definition) is 2. The lowest BCUT2D eigenvalue weighted by atomic mass is 10.0. The summed E-state index contributed by atoms with van der Waals surface area (Å²) in [5, 5.41) is 6.09. The summed E-state index contributed by atoms with van der Waals surface area (Å²) in [6, 6.07) is 5.93. The van der Waals surface area contributed by atoms with Crippen molar-refractivity contribution in [3.8, 4) is 12.3 Å². The third-order valence-corrected chi connectivity index (χ3v) is 2.59. The van der Waals surface area contributed by atoms with Crippen molar-refractivity contribution in [3.05, 3.63) is 23.8 Å². The molecular formula is C13H14N2O. The first-order valence-electron chi connectivity index (χ1n) is 5.40. The Labute approximate surface area is 95.2 Å². The highest BCUT2D eigenvalue weighted by Gasteiger charge is 2.09. The van der Waals surface area contributed by atoms with Crippen LogP contribution in [0.5, 0.6) is 0 Å². The maximum Gasteiger partial charge on any atom is 0.236 e. The van der Waals surface area contributed by atoms with Gasteiger partial charge in [-0.1, -0.05) is 12.0 Å². The predicted molar refractivity (Wildman–Crippen MR) is 65.3 cm³/mol. The van der Waals surface area contributed by atoms with Crippen molar-refractivity contribution in [2.24, 2.45) is 0 Å². The molecule has 0 fully saturated rings. The number of amides is 1. The highest BCUT2D eigenvalue weighted by Crippen LogP contribution is 2.25. The number of benzene rings is 1. The summed E-state index contributed by atoms with van der Waals surface area (Å²) in [4.78, 5) is 11.3. The second kappa shape index (κ2) is 4.71. The van der Waals surface area contributed by atoms with E-state index in [0.29, 0.717) is 0 Å². The maximum atomic E-state index is 11.3. The summed E-state index contributed by atoms with van der Waals surface area (Å²) in [5.41, 5.74) is 3.22. The number of rotatable bonds is 2. The van der Waals surface area contributed by atoms with Crippen LogP contribution < -0.4 is 10.6 Å². The number of anilines is 2. The molecule has 0 spiro atoms. The average Bonchev–Trinajstić information content (AvgIpc) is 2.29.